The maximum atomic E-state index is 12.9. The quantitative estimate of drug-likeness (QED) is 0.475. The van der Waals surface area contributed by atoms with Crippen molar-refractivity contribution >= 4 is 29.0 Å². The number of phenolic OH excluding ortho intramolecular Hbond substituents is 1. The van der Waals surface area contributed by atoms with Crippen molar-refractivity contribution in [3.8, 4) is 5.75 Å². The fraction of sp³-hybridized carbons (Fsp3) is 0. The molecule has 1 aliphatic carbocycles. The number of hydrogen-bond donors (Lipinski definition) is 3. The van der Waals surface area contributed by atoms with E-state index in [2.05, 4.69) is 10.6 Å². The first kappa shape index (κ1) is 16.5. The van der Waals surface area contributed by atoms with Crippen LogP contribution < -0.4 is 10.6 Å². The van der Waals surface area contributed by atoms with Crippen LogP contribution in [0.3, 0.4) is 0 Å². The van der Waals surface area contributed by atoms with E-state index in [1.807, 2.05) is 6.07 Å². The zero-order valence-electron chi connectivity index (χ0n) is 14.0. The minimum absolute atomic E-state index is 0.0121. The van der Waals surface area contributed by atoms with Gasteiger partial charge in [0.2, 0.25) is 0 Å². The van der Waals surface area contributed by atoms with Gasteiger partial charge in [-0.1, -0.05) is 42.5 Å². The van der Waals surface area contributed by atoms with Crippen LogP contribution in [0.2, 0.25) is 0 Å². The van der Waals surface area contributed by atoms with Gasteiger partial charge in [-0.15, -0.1) is 0 Å². The molecule has 0 bridgehead atoms. The molecular formula is C21H14N2O4. The van der Waals surface area contributed by atoms with Gasteiger partial charge in [0.25, 0.3) is 0 Å². The van der Waals surface area contributed by atoms with Crippen LogP contribution >= 0.6 is 0 Å². The van der Waals surface area contributed by atoms with Gasteiger partial charge < -0.3 is 15.7 Å². The number of rotatable bonds is 2. The Kier molecular flexibility index (Phi) is 3.93. The molecule has 0 saturated carbocycles. The summed E-state index contributed by atoms with van der Waals surface area (Å²) in [6, 6.07) is 17.3. The number of benzene rings is 3. The first-order chi connectivity index (χ1) is 13.1. The lowest BCUT2D eigenvalue weighted by Gasteiger charge is -2.21. The normalized spacial score (nSPS) is 12.1. The van der Waals surface area contributed by atoms with E-state index in [0.717, 1.165) is 0 Å². The Bertz CT molecular complexity index is 1090. The van der Waals surface area contributed by atoms with Crippen LogP contribution in [0.15, 0.2) is 66.7 Å². The smallest absolute Gasteiger partial charge is 0.323 e. The maximum absolute atomic E-state index is 12.9. The largest absolute Gasteiger partial charge is 0.507 e. The number of nitrogens with one attached hydrogen (secondary N) is 2. The van der Waals surface area contributed by atoms with E-state index < -0.39 is 17.6 Å². The molecule has 0 heterocycles. The van der Waals surface area contributed by atoms with E-state index in [1.54, 1.807) is 48.5 Å². The number of para-hydroxylation sites is 1. The zero-order valence-corrected chi connectivity index (χ0v) is 14.0. The third-order valence-corrected chi connectivity index (χ3v) is 4.33. The van der Waals surface area contributed by atoms with Crippen LogP contribution in [-0.4, -0.2) is 22.7 Å². The van der Waals surface area contributed by atoms with Crippen molar-refractivity contribution in [1.29, 1.82) is 0 Å². The molecule has 3 aromatic carbocycles. The van der Waals surface area contributed by atoms with E-state index >= 15 is 0 Å². The molecule has 0 aromatic heterocycles. The number of urea groups is 1. The molecule has 0 spiro atoms. The molecule has 0 radical (unpaired) electrons. The van der Waals surface area contributed by atoms with Crippen molar-refractivity contribution < 1.29 is 19.5 Å². The Morgan fingerprint density at radius 2 is 1.30 bits per heavy atom. The van der Waals surface area contributed by atoms with E-state index in [9.17, 15) is 19.5 Å². The van der Waals surface area contributed by atoms with Crippen molar-refractivity contribution in [1.82, 2.24) is 0 Å². The molecule has 3 N–H and O–H groups in total. The van der Waals surface area contributed by atoms with E-state index in [1.165, 1.54) is 12.1 Å². The van der Waals surface area contributed by atoms with Gasteiger partial charge in [0.05, 0.1) is 16.8 Å². The van der Waals surface area contributed by atoms with Crippen molar-refractivity contribution in [2.75, 3.05) is 10.6 Å². The summed E-state index contributed by atoms with van der Waals surface area (Å²) in [6.45, 7) is 0. The molecule has 0 fully saturated rings. The molecule has 1 aliphatic rings. The number of ketones is 2. The van der Waals surface area contributed by atoms with Gasteiger partial charge in [-0.05, 0) is 24.3 Å². The van der Waals surface area contributed by atoms with Crippen LogP contribution in [0.1, 0.15) is 31.8 Å². The van der Waals surface area contributed by atoms with Crippen molar-refractivity contribution in [3.05, 3.63) is 89.0 Å². The lowest BCUT2D eigenvalue weighted by atomic mass is 9.82. The molecule has 0 aliphatic heterocycles. The lowest BCUT2D eigenvalue weighted by molar-refractivity contribution is 0.0977. The predicted molar refractivity (Wildman–Crippen MR) is 100 cm³/mol. The first-order valence-corrected chi connectivity index (χ1v) is 8.23. The molecular weight excluding hydrogens is 344 g/mol. The number of hydrogen-bond acceptors (Lipinski definition) is 4. The zero-order chi connectivity index (χ0) is 19.0. The molecule has 4 rings (SSSR count). The maximum Gasteiger partial charge on any atom is 0.323 e. The topological polar surface area (TPSA) is 95.5 Å². The fourth-order valence-electron chi connectivity index (χ4n) is 3.12. The van der Waals surface area contributed by atoms with Crippen molar-refractivity contribution in [2.24, 2.45) is 0 Å². The van der Waals surface area contributed by atoms with Gasteiger partial charge in [-0.3, -0.25) is 9.59 Å². The van der Waals surface area contributed by atoms with E-state index in [4.69, 9.17) is 0 Å². The second-order valence-corrected chi connectivity index (χ2v) is 6.03. The third kappa shape index (κ3) is 2.83. The van der Waals surface area contributed by atoms with Gasteiger partial charge in [0.15, 0.2) is 11.6 Å². The Labute approximate surface area is 154 Å². The highest BCUT2D eigenvalue weighted by atomic mass is 16.3. The number of carbonyl (C=O) groups is 3. The molecule has 0 atom stereocenters. The average molecular weight is 358 g/mol. The van der Waals surface area contributed by atoms with Crippen LogP contribution in [0.5, 0.6) is 5.75 Å². The number of fused-ring (bicyclic) bond motifs is 2. The summed E-state index contributed by atoms with van der Waals surface area (Å²) in [6.07, 6.45) is 0. The van der Waals surface area contributed by atoms with Gasteiger partial charge >= 0.3 is 6.03 Å². The van der Waals surface area contributed by atoms with Gasteiger partial charge in [0, 0.05) is 16.8 Å². The molecule has 3 aromatic rings. The number of anilines is 2. The van der Waals surface area contributed by atoms with E-state index in [0.29, 0.717) is 5.69 Å². The molecule has 0 unspecified atom stereocenters. The second kappa shape index (κ2) is 6.42. The standard InChI is InChI=1S/C21H14N2O4/c24-16-11-10-15(23-21(27)22-12-6-2-1-3-7-12)17-18(16)20(26)14-9-5-4-8-13(14)19(17)25/h1-11,24H,(H2,22,23,27). The molecule has 0 saturated heterocycles. The molecule has 27 heavy (non-hydrogen) atoms. The van der Waals surface area contributed by atoms with Gasteiger partial charge in [-0.25, -0.2) is 4.79 Å². The highest BCUT2D eigenvalue weighted by molar-refractivity contribution is 6.31. The first-order valence-electron chi connectivity index (χ1n) is 8.23. The SMILES string of the molecule is O=C(Nc1ccccc1)Nc1ccc(O)c2c1C(=O)c1ccccc1C2=O. The van der Waals surface area contributed by atoms with Crippen LogP contribution in [0.25, 0.3) is 0 Å². The molecule has 132 valence electrons. The summed E-state index contributed by atoms with van der Waals surface area (Å²) in [7, 11) is 0. The van der Waals surface area contributed by atoms with E-state index in [-0.39, 0.29) is 33.7 Å². The molecule has 6 heteroatoms. The predicted octanol–water partition coefficient (Wildman–Crippen LogP) is 3.81. The Hall–Kier alpha value is -3.93. The van der Waals surface area contributed by atoms with Gasteiger partial charge in [-0.2, -0.15) is 0 Å². The van der Waals surface area contributed by atoms with Crippen LogP contribution in [0, 0.1) is 0 Å². The number of phenols is 1. The summed E-state index contributed by atoms with van der Waals surface area (Å²) in [5.41, 5.74) is 1.10. The monoisotopic (exact) mass is 358 g/mol. The van der Waals surface area contributed by atoms with Crippen molar-refractivity contribution in [3.63, 3.8) is 0 Å². The highest BCUT2D eigenvalue weighted by Gasteiger charge is 2.34. The second-order valence-electron chi connectivity index (χ2n) is 6.03. The van der Waals surface area contributed by atoms with Gasteiger partial charge in [0.1, 0.15) is 5.75 Å². The summed E-state index contributed by atoms with van der Waals surface area (Å²) >= 11 is 0. The lowest BCUT2D eigenvalue weighted by Crippen LogP contribution is -2.25. The Balaban J connectivity index is 1.73. The summed E-state index contributed by atoms with van der Waals surface area (Å²) in [4.78, 5) is 38.0. The third-order valence-electron chi connectivity index (χ3n) is 4.33. The molecule has 2 amide bonds. The van der Waals surface area contributed by atoms with Crippen LogP contribution in [0.4, 0.5) is 16.2 Å². The Morgan fingerprint density at radius 1 is 0.704 bits per heavy atom. The number of aromatic hydroxyl groups is 1. The number of amides is 2. The fourth-order valence-corrected chi connectivity index (χ4v) is 3.12. The minimum atomic E-state index is -0.562. The highest BCUT2D eigenvalue weighted by Crippen LogP contribution is 2.36. The molecule has 6 nitrogen and oxygen atoms in total. The summed E-state index contributed by atoms with van der Waals surface area (Å²) < 4.78 is 0. The van der Waals surface area contributed by atoms with Crippen molar-refractivity contribution in [2.45, 2.75) is 0 Å². The Morgan fingerprint density at radius 3 is 1.96 bits per heavy atom. The average Bonchev–Trinajstić information content (AvgIpc) is 2.68. The number of carbonyl (C=O) groups excluding carboxylic acids is 3. The minimum Gasteiger partial charge on any atom is -0.507 e. The van der Waals surface area contributed by atoms with Crippen LogP contribution in [-0.2, 0) is 0 Å². The summed E-state index contributed by atoms with van der Waals surface area (Å²) in [5, 5.41) is 15.4. The summed E-state index contributed by atoms with van der Waals surface area (Å²) in [5.74, 6) is -1.18.